The average Bonchev–Trinajstić information content (AvgIpc) is 2.40. The fourth-order valence-corrected chi connectivity index (χ4v) is 1.52. The van der Waals surface area contributed by atoms with Crippen LogP contribution < -0.4 is 0 Å². The van der Waals surface area contributed by atoms with Gasteiger partial charge in [0.2, 0.25) is 0 Å². The van der Waals surface area contributed by atoms with Crippen molar-refractivity contribution in [3.8, 4) is 6.07 Å². The molecule has 0 saturated heterocycles. The van der Waals surface area contributed by atoms with Crippen LogP contribution in [0.4, 0.5) is 0 Å². The van der Waals surface area contributed by atoms with Gasteiger partial charge in [-0.05, 0) is 19.4 Å². The second-order valence-corrected chi connectivity index (χ2v) is 3.75. The highest BCUT2D eigenvalue weighted by Gasteiger charge is 2.28. The lowest BCUT2D eigenvalue weighted by Crippen LogP contribution is -2.39. The molecule has 18 heavy (non-hydrogen) atoms. The molecule has 5 nitrogen and oxygen atoms in total. The van der Waals surface area contributed by atoms with Crippen LogP contribution in [-0.2, 0) is 9.53 Å². The van der Waals surface area contributed by atoms with Gasteiger partial charge in [-0.25, -0.2) is 0 Å². The van der Waals surface area contributed by atoms with E-state index in [0.29, 0.717) is 10.6 Å². The standard InChI is InChI=1S/C13H16N2O3/c1-3-18-13(16)10(2)15(17)12(9-14)11-7-5-4-6-8-11/h4-8,10,12,17H,3H2,1-2H3. The normalized spacial score (nSPS) is 13.7. The first-order valence-electron chi connectivity index (χ1n) is 5.70. The van der Waals surface area contributed by atoms with Crippen molar-refractivity contribution in [2.45, 2.75) is 25.9 Å². The number of nitriles is 1. The van der Waals surface area contributed by atoms with Crippen LogP contribution in [0.1, 0.15) is 25.5 Å². The predicted molar refractivity (Wildman–Crippen MR) is 64.5 cm³/mol. The molecule has 0 radical (unpaired) electrons. The molecule has 0 saturated carbocycles. The van der Waals surface area contributed by atoms with E-state index in [9.17, 15) is 10.0 Å². The Morgan fingerprint density at radius 1 is 1.50 bits per heavy atom. The molecule has 0 amide bonds. The molecule has 96 valence electrons. The molecule has 1 aromatic rings. The predicted octanol–water partition coefficient (Wildman–Crippen LogP) is 1.89. The van der Waals surface area contributed by atoms with Gasteiger partial charge in [-0.2, -0.15) is 10.3 Å². The summed E-state index contributed by atoms with van der Waals surface area (Å²) in [5.74, 6) is -0.559. The summed E-state index contributed by atoms with van der Waals surface area (Å²) in [6.45, 7) is 3.41. The van der Waals surface area contributed by atoms with Crippen molar-refractivity contribution >= 4 is 5.97 Å². The Kier molecular flexibility index (Phi) is 5.31. The Morgan fingerprint density at radius 3 is 2.61 bits per heavy atom. The quantitative estimate of drug-likeness (QED) is 0.636. The first-order valence-corrected chi connectivity index (χ1v) is 5.70. The van der Waals surface area contributed by atoms with E-state index in [0.717, 1.165) is 0 Å². The van der Waals surface area contributed by atoms with E-state index in [2.05, 4.69) is 0 Å². The summed E-state index contributed by atoms with van der Waals surface area (Å²) in [7, 11) is 0. The van der Waals surface area contributed by atoms with Crippen LogP contribution in [0.5, 0.6) is 0 Å². The van der Waals surface area contributed by atoms with Crippen LogP contribution in [0.2, 0.25) is 0 Å². The van der Waals surface area contributed by atoms with E-state index in [1.54, 1.807) is 31.2 Å². The zero-order valence-corrected chi connectivity index (χ0v) is 10.4. The maximum absolute atomic E-state index is 11.5. The Labute approximate surface area is 106 Å². The third kappa shape index (κ3) is 3.29. The van der Waals surface area contributed by atoms with Crippen LogP contribution in [-0.4, -0.2) is 28.9 Å². The summed E-state index contributed by atoms with van der Waals surface area (Å²) in [5, 5.41) is 19.8. The lowest BCUT2D eigenvalue weighted by atomic mass is 10.1. The fraction of sp³-hybridized carbons (Fsp3) is 0.385. The molecule has 0 aliphatic heterocycles. The van der Waals surface area contributed by atoms with Crippen LogP contribution in [0.15, 0.2) is 30.3 Å². The monoisotopic (exact) mass is 248 g/mol. The minimum atomic E-state index is -0.898. The fourth-order valence-electron chi connectivity index (χ4n) is 1.52. The number of ether oxygens (including phenoxy) is 1. The summed E-state index contributed by atoms with van der Waals surface area (Å²) < 4.78 is 4.81. The number of hydrogen-bond acceptors (Lipinski definition) is 5. The Balaban J connectivity index is 2.84. The second kappa shape index (κ2) is 6.74. The van der Waals surface area contributed by atoms with Crippen LogP contribution in [0.3, 0.4) is 0 Å². The van der Waals surface area contributed by atoms with Gasteiger partial charge in [0.05, 0.1) is 12.7 Å². The lowest BCUT2D eigenvalue weighted by Gasteiger charge is -2.25. The van der Waals surface area contributed by atoms with Gasteiger partial charge in [-0.3, -0.25) is 4.79 Å². The van der Waals surface area contributed by atoms with Crippen LogP contribution >= 0.6 is 0 Å². The van der Waals surface area contributed by atoms with Crippen molar-refractivity contribution in [2.24, 2.45) is 0 Å². The second-order valence-electron chi connectivity index (χ2n) is 3.75. The van der Waals surface area contributed by atoms with E-state index in [-0.39, 0.29) is 6.61 Å². The molecule has 0 bridgehead atoms. The maximum atomic E-state index is 11.5. The third-order valence-electron chi connectivity index (χ3n) is 2.53. The number of benzene rings is 1. The van der Waals surface area contributed by atoms with Crippen molar-refractivity contribution in [2.75, 3.05) is 6.61 Å². The molecule has 5 heteroatoms. The highest BCUT2D eigenvalue weighted by Crippen LogP contribution is 2.20. The van der Waals surface area contributed by atoms with E-state index in [1.807, 2.05) is 12.1 Å². The Hall–Kier alpha value is -1.90. The van der Waals surface area contributed by atoms with Crippen LogP contribution in [0, 0.1) is 11.3 Å². The number of hydroxylamine groups is 2. The Bertz CT molecular complexity index is 428. The zero-order chi connectivity index (χ0) is 13.5. The van der Waals surface area contributed by atoms with E-state index >= 15 is 0 Å². The summed E-state index contributed by atoms with van der Waals surface area (Å²) in [4.78, 5) is 11.5. The molecule has 0 spiro atoms. The number of carbonyl (C=O) groups excluding carboxylic acids is 1. The molecular weight excluding hydrogens is 232 g/mol. The van der Waals surface area contributed by atoms with Gasteiger partial charge in [0, 0.05) is 0 Å². The first kappa shape index (κ1) is 14.2. The molecule has 0 aromatic heterocycles. The minimum Gasteiger partial charge on any atom is -0.465 e. The van der Waals surface area contributed by atoms with Gasteiger partial charge in [0.25, 0.3) is 0 Å². The van der Waals surface area contributed by atoms with Crippen molar-refractivity contribution in [3.63, 3.8) is 0 Å². The molecule has 0 aliphatic carbocycles. The molecular formula is C13H16N2O3. The molecule has 2 unspecified atom stereocenters. The molecule has 0 aliphatic rings. The van der Waals surface area contributed by atoms with Crippen LogP contribution in [0.25, 0.3) is 0 Å². The van der Waals surface area contributed by atoms with Gasteiger partial charge < -0.3 is 9.94 Å². The van der Waals surface area contributed by atoms with Gasteiger partial charge in [-0.15, -0.1) is 0 Å². The molecule has 1 N–H and O–H groups in total. The van der Waals surface area contributed by atoms with E-state index in [1.165, 1.54) is 6.92 Å². The smallest absolute Gasteiger partial charge is 0.325 e. The number of hydrogen-bond donors (Lipinski definition) is 1. The van der Waals surface area contributed by atoms with Crippen molar-refractivity contribution in [1.29, 1.82) is 5.26 Å². The Morgan fingerprint density at radius 2 is 2.11 bits per heavy atom. The first-order chi connectivity index (χ1) is 8.61. The van der Waals surface area contributed by atoms with Gasteiger partial charge >= 0.3 is 5.97 Å². The van der Waals surface area contributed by atoms with Crippen molar-refractivity contribution in [3.05, 3.63) is 35.9 Å². The number of carbonyl (C=O) groups is 1. The maximum Gasteiger partial charge on any atom is 0.325 e. The average molecular weight is 248 g/mol. The lowest BCUT2D eigenvalue weighted by molar-refractivity contribution is -0.180. The van der Waals surface area contributed by atoms with Gasteiger partial charge in [0.15, 0.2) is 0 Å². The van der Waals surface area contributed by atoms with Gasteiger partial charge in [-0.1, -0.05) is 30.3 Å². The SMILES string of the molecule is CCOC(=O)C(C)N(O)C(C#N)c1ccccc1. The van der Waals surface area contributed by atoms with Gasteiger partial charge in [0.1, 0.15) is 12.1 Å². The third-order valence-corrected chi connectivity index (χ3v) is 2.53. The molecule has 0 heterocycles. The molecule has 1 rings (SSSR count). The summed E-state index contributed by atoms with van der Waals surface area (Å²) >= 11 is 0. The van der Waals surface area contributed by atoms with Crippen molar-refractivity contribution < 1.29 is 14.7 Å². The topological polar surface area (TPSA) is 73.6 Å². The number of esters is 1. The van der Waals surface area contributed by atoms with E-state index in [4.69, 9.17) is 10.00 Å². The highest BCUT2D eigenvalue weighted by molar-refractivity contribution is 5.75. The molecule has 2 atom stereocenters. The molecule has 0 fully saturated rings. The largest absolute Gasteiger partial charge is 0.465 e. The number of rotatable bonds is 5. The van der Waals surface area contributed by atoms with Crippen molar-refractivity contribution in [1.82, 2.24) is 5.06 Å². The van der Waals surface area contributed by atoms with E-state index < -0.39 is 18.1 Å². The summed E-state index contributed by atoms with van der Waals surface area (Å²) in [5.41, 5.74) is 0.624. The summed E-state index contributed by atoms with van der Waals surface area (Å²) in [6.07, 6.45) is 0. The zero-order valence-electron chi connectivity index (χ0n) is 10.4. The molecule has 1 aromatic carbocycles. The summed E-state index contributed by atoms with van der Waals surface area (Å²) in [6, 6.07) is 8.95. The highest BCUT2D eigenvalue weighted by atomic mass is 16.6. The minimum absolute atomic E-state index is 0.236. The number of nitrogens with zero attached hydrogens (tertiary/aromatic N) is 2.